The number of aromatic nitrogens is 1. The number of nitrogens with zero attached hydrogens (tertiary/aromatic N) is 2. The van der Waals surface area contributed by atoms with Crippen LogP contribution in [0, 0.1) is 18.3 Å². The Morgan fingerprint density at radius 3 is 2.42 bits per heavy atom. The molecular formula is C22H21N3S. The van der Waals surface area contributed by atoms with Gasteiger partial charge in [-0.3, -0.25) is 0 Å². The lowest BCUT2D eigenvalue weighted by molar-refractivity contribution is 0.867. The number of rotatable bonds is 5. The number of thiazole rings is 1. The van der Waals surface area contributed by atoms with E-state index >= 15 is 0 Å². The van der Waals surface area contributed by atoms with Gasteiger partial charge in [0.05, 0.1) is 5.69 Å². The third kappa shape index (κ3) is 4.19. The number of nitrogens with one attached hydrogen (secondary N) is 1. The average molecular weight is 359 g/mol. The van der Waals surface area contributed by atoms with Crippen LogP contribution < -0.4 is 5.32 Å². The quantitative estimate of drug-likeness (QED) is 0.550. The molecule has 0 spiro atoms. The largest absolute Gasteiger partial charge is 0.360 e. The van der Waals surface area contributed by atoms with Gasteiger partial charge in [-0.05, 0) is 30.5 Å². The van der Waals surface area contributed by atoms with Crippen molar-refractivity contribution in [1.82, 2.24) is 4.98 Å². The van der Waals surface area contributed by atoms with Crippen LogP contribution in [0.1, 0.15) is 35.9 Å². The predicted molar refractivity (Wildman–Crippen MR) is 110 cm³/mol. The molecule has 0 fully saturated rings. The third-order valence-corrected chi connectivity index (χ3v) is 5.04. The van der Waals surface area contributed by atoms with Gasteiger partial charge in [-0.15, -0.1) is 11.3 Å². The fourth-order valence-electron chi connectivity index (χ4n) is 2.52. The van der Waals surface area contributed by atoms with E-state index in [0.717, 1.165) is 22.0 Å². The molecule has 0 radical (unpaired) electrons. The van der Waals surface area contributed by atoms with E-state index < -0.39 is 0 Å². The SMILES string of the molecule is Cc1ccc(-c2csc(/C(C#N)=C/Nc3ccc(C(C)C)cc3)n2)cc1. The molecule has 1 N–H and O–H groups in total. The van der Waals surface area contributed by atoms with Crippen molar-refractivity contribution in [3.63, 3.8) is 0 Å². The fraction of sp³-hybridized carbons (Fsp3) is 0.182. The van der Waals surface area contributed by atoms with Crippen LogP contribution in [0.3, 0.4) is 0 Å². The topological polar surface area (TPSA) is 48.7 Å². The molecule has 1 heterocycles. The highest BCUT2D eigenvalue weighted by molar-refractivity contribution is 7.11. The zero-order chi connectivity index (χ0) is 18.5. The Balaban J connectivity index is 1.77. The molecule has 26 heavy (non-hydrogen) atoms. The van der Waals surface area contributed by atoms with Crippen LogP contribution in [0.2, 0.25) is 0 Å². The fourth-order valence-corrected chi connectivity index (χ4v) is 3.31. The van der Waals surface area contributed by atoms with Crippen molar-refractivity contribution >= 4 is 22.6 Å². The van der Waals surface area contributed by atoms with Gasteiger partial charge >= 0.3 is 0 Å². The lowest BCUT2D eigenvalue weighted by Crippen LogP contribution is -1.92. The average Bonchev–Trinajstić information content (AvgIpc) is 3.13. The summed E-state index contributed by atoms with van der Waals surface area (Å²) in [4.78, 5) is 4.62. The molecule has 0 unspecified atom stereocenters. The normalized spacial score (nSPS) is 11.4. The summed E-state index contributed by atoms with van der Waals surface area (Å²) < 4.78 is 0. The molecule has 130 valence electrons. The first-order chi connectivity index (χ1) is 12.6. The molecule has 0 amide bonds. The molecule has 0 saturated heterocycles. The van der Waals surface area contributed by atoms with Crippen LogP contribution in [0.15, 0.2) is 60.1 Å². The van der Waals surface area contributed by atoms with Crippen molar-refractivity contribution in [2.24, 2.45) is 0 Å². The monoisotopic (exact) mass is 359 g/mol. The minimum Gasteiger partial charge on any atom is -0.360 e. The van der Waals surface area contributed by atoms with Gasteiger partial charge in [0, 0.05) is 22.8 Å². The highest BCUT2D eigenvalue weighted by Gasteiger charge is 2.09. The van der Waals surface area contributed by atoms with E-state index in [1.807, 2.05) is 17.5 Å². The first-order valence-corrected chi connectivity index (χ1v) is 9.44. The van der Waals surface area contributed by atoms with Crippen molar-refractivity contribution in [2.45, 2.75) is 26.7 Å². The van der Waals surface area contributed by atoms with E-state index in [-0.39, 0.29) is 0 Å². The number of nitriles is 1. The molecule has 0 saturated carbocycles. The van der Waals surface area contributed by atoms with Crippen molar-refractivity contribution in [3.05, 3.63) is 76.2 Å². The Morgan fingerprint density at radius 1 is 1.12 bits per heavy atom. The van der Waals surface area contributed by atoms with E-state index in [1.54, 1.807) is 6.20 Å². The van der Waals surface area contributed by atoms with Crippen molar-refractivity contribution in [2.75, 3.05) is 5.32 Å². The van der Waals surface area contributed by atoms with Crippen LogP contribution >= 0.6 is 11.3 Å². The van der Waals surface area contributed by atoms with Crippen molar-refractivity contribution < 1.29 is 0 Å². The maximum Gasteiger partial charge on any atom is 0.136 e. The molecule has 0 aliphatic rings. The first-order valence-electron chi connectivity index (χ1n) is 8.56. The van der Waals surface area contributed by atoms with Crippen LogP contribution in [0.5, 0.6) is 0 Å². The van der Waals surface area contributed by atoms with Crippen LogP contribution in [0.25, 0.3) is 16.8 Å². The van der Waals surface area contributed by atoms with Gasteiger partial charge in [0.1, 0.15) is 16.6 Å². The van der Waals surface area contributed by atoms with Crippen LogP contribution in [0.4, 0.5) is 5.69 Å². The maximum atomic E-state index is 9.50. The zero-order valence-electron chi connectivity index (χ0n) is 15.2. The predicted octanol–water partition coefficient (Wildman–Crippen LogP) is 6.22. The summed E-state index contributed by atoms with van der Waals surface area (Å²) in [6, 6.07) is 18.7. The first kappa shape index (κ1) is 17.9. The molecule has 3 aromatic rings. The van der Waals surface area contributed by atoms with E-state index in [9.17, 15) is 5.26 Å². The van der Waals surface area contributed by atoms with Gasteiger partial charge < -0.3 is 5.32 Å². The second kappa shape index (κ2) is 7.99. The molecule has 2 aromatic carbocycles. The molecule has 3 rings (SSSR count). The minimum atomic E-state index is 0.504. The van der Waals surface area contributed by atoms with Gasteiger partial charge in [0.15, 0.2) is 0 Å². The second-order valence-corrected chi connectivity index (χ2v) is 7.35. The Kier molecular flexibility index (Phi) is 5.50. The molecule has 0 aliphatic carbocycles. The van der Waals surface area contributed by atoms with Gasteiger partial charge in [-0.25, -0.2) is 4.98 Å². The Bertz CT molecular complexity index is 942. The Hall–Kier alpha value is -2.90. The van der Waals surface area contributed by atoms with Gasteiger partial charge in [0.25, 0.3) is 0 Å². The lowest BCUT2D eigenvalue weighted by atomic mass is 10.0. The summed E-state index contributed by atoms with van der Waals surface area (Å²) in [5.41, 5.74) is 5.95. The smallest absolute Gasteiger partial charge is 0.136 e. The standard InChI is InChI=1S/C22H21N3S/c1-15(2)17-8-10-20(11-9-17)24-13-19(12-23)22-25-21(14-26-22)18-6-4-16(3)5-7-18/h4-11,13-15,24H,1-3H3/b19-13+. The summed E-state index contributed by atoms with van der Waals surface area (Å²) in [6.07, 6.45) is 1.72. The maximum absolute atomic E-state index is 9.50. The van der Waals surface area contributed by atoms with Crippen molar-refractivity contribution in [3.8, 4) is 17.3 Å². The third-order valence-electron chi connectivity index (χ3n) is 4.16. The Labute approximate surface area is 158 Å². The van der Waals surface area contributed by atoms with Gasteiger partial charge in [-0.2, -0.15) is 5.26 Å². The van der Waals surface area contributed by atoms with Gasteiger partial charge in [-0.1, -0.05) is 55.8 Å². The Morgan fingerprint density at radius 2 is 1.81 bits per heavy atom. The number of hydrogen-bond donors (Lipinski definition) is 1. The summed E-state index contributed by atoms with van der Waals surface area (Å²) in [7, 11) is 0. The van der Waals surface area contributed by atoms with Crippen LogP contribution in [-0.2, 0) is 0 Å². The summed E-state index contributed by atoms with van der Waals surface area (Å²) in [6.45, 7) is 6.40. The van der Waals surface area contributed by atoms with Gasteiger partial charge in [0.2, 0.25) is 0 Å². The molecule has 0 bridgehead atoms. The van der Waals surface area contributed by atoms with Crippen LogP contribution in [-0.4, -0.2) is 4.98 Å². The molecule has 0 aliphatic heterocycles. The molecule has 1 aromatic heterocycles. The minimum absolute atomic E-state index is 0.504. The number of hydrogen-bond acceptors (Lipinski definition) is 4. The molecule has 0 atom stereocenters. The highest BCUT2D eigenvalue weighted by Crippen LogP contribution is 2.26. The number of benzene rings is 2. The number of allylic oxidation sites excluding steroid dienone is 1. The van der Waals surface area contributed by atoms with E-state index in [0.29, 0.717) is 11.5 Å². The highest BCUT2D eigenvalue weighted by atomic mass is 32.1. The zero-order valence-corrected chi connectivity index (χ0v) is 16.0. The molecule has 4 heteroatoms. The number of aryl methyl sites for hydroxylation is 1. The van der Waals surface area contributed by atoms with Crippen molar-refractivity contribution in [1.29, 1.82) is 5.26 Å². The summed E-state index contributed by atoms with van der Waals surface area (Å²) in [5.74, 6) is 0.504. The van der Waals surface area contributed by atoms with E-state index in [4.69, 9.17) is 0 Å². The number of anilines is 1. The molecular weight excluding hydrogens is 338 g/mol. The van der Waals surface area contributed by atoms with E-state index in [1.165, 1.54) is 22.5 Å². The second-order valence-electron chi connectivity index (χ2n) is 6.49. The summed E-state index contributed by atoms with van der Waals surface area (Å²) >= 11 is 1.48. The van der Waals surface area contributed by atoms with E-state index in [2.05, 4.69) is 73.5 Å². The summed E-state index contributed by atoms with van der Waals surface area (Å²) in [5, 5.41) is 15.4. The molecule has 3 nitrogen and oxygen atoms in total. The lowest BCUT2D eigenvalue weighted by Gasteiger charge is -2.06.